The first-order valence-corrected chi connectivity index (χ1v) is 10.0. The number of methoxy groups -OCH3 is 1. The predicted octanol–water partition coefficient (Wildman–Crippen LogP) is 1.24. The van der Waals surface area contributed by atoms with E-state index < -0.39 is 10.0 Å². The van der Waals surface area contributed by atoms with Crippen LogP contribution in [0, 0.1) is 0 Å². The van der Waals surface area contributed by atoms with Crippen LogP contribution in [0.1, 0.15) is 24.5 Å². The molecule has 0 radical (unpaired) electrons. The van der Waals surface area contributed by atoms with Gasteiger partial charge >= 0.3 is 0 Å². The van der Waals surface area contributed by atoms with Crippen molar-refractivity contribution in [1.82, 2.24) is 19.1 Å². The molecule has 2 atom stereocenters. The molecule has 1 saturated heterocycles. The van der Waals surface area contributed by atoms with Gasteiger partial charge in [-0.3, -0.25) is 0 Å². The lowest BCUT2D eigenvalue weighted by molar-refractivity contribution is 0.199. The topological polar surface area (TPSA) is 77.3 Å². The van der Waals surface area contributed by atoms with Gasteiger partial charge in [-0.1, -0.05) is 18.2 Å². The third-order valence-corrected chi connectivity index (χ3v) is 7.14. The summed E-state index contributed by atoms with van der Waals surface area (Å²) in [7, 11) is -1.84. The van der Waals surface area contributed by atoms with Gasteiger partial charge in [0.1, 0.15) is 11.6 Å². The van der Waals surface area contributed by atoms with Gasteiger partial charge in [0, 0.05) is 38.6 Å². The van der Waals surface area contributed by atoms with Gasteiger partial charge in [-0.15, -0.1) is 10.2 Å². The van der Waals surface area contributed by atoms with E-state index in [2.05, 4.69) is 14.8 Å². The summed E-state index contributed by atoms with van der Waals surface area (Å²) in [5.41, 5.74) is 0. The second-order valence-corrected chi connectivity index (χ2v) is 8.47. The molecule has 0 aliphatic carbocycles. The minimum Gasteiger partial charge on any atom is -0.384 e. The van der Waals surface area contributed by atoms with Crippen molar-refractivity contribution in [2.24, 2.45) is 0 Å². The lowest BCUT2D eigenvalue weighted by Gasteiger charge is -2.27. The summed E-state index contributed by atoms with van der Waals surface area (Å²) in [6.07, 6.45) is 3.05. The van der Waals surface area contributed by atoms with Gasteiger partial charge in [0.05, 0.1) is 11.5 Å². The zero-order chi connectivity index (χ0) is 17.4. The molecule has 7 nitrogen and oxygen atoms in total. The van der Waals surface area contributed by atoms with Crippen LogP contribution in [0.25, 0.3) is 0 Å². The molecule has 2 aromatic rings. The van der Waals surface area contributed by atoms with E-state index in [9.17, 15) is 8.42 Å². The number of nitrogens with zero attached hydrogens (tertiary/aromatic N) is 4. The van der Waals surface area contributed by atoms with Crippen LogP contribution in [0.2, 0.25) is 0 Å². The van der Waals surface area contributed by atoms with Crippen molar-refractivity contribution in [2.75, 3.05) is 13.7 Å². The van der Waals surface area contributed by atoms with Gasteiger partial charge in [0.2, 0.25) is 10.0 Å². The van der Waals surface area contributed by atoms with E-state index in [0.29, 0.717) is 30.9 Å². The lowest BCUT2D eigenvalue weighted by Crippen LogP contribution is -2.42. The van der Waals surface area contributed by atoms with Gasteiger partial charge in [0.25, 0.3) is 0 Å². The average Bonchev–Trinajstić information content (AvgIpc) is 3.13. The highest BCUT2D eigenvalue weighted by Gasteiger charge is 2.45. The monoisotopic (exact) mass is 362 g/mol. The van der Waals surface area contributed by atoms with E-state index in [4.69, 9.17) is 4.74 Å². The maximum atomic E-state index is 13.2. The molecule has 0 N–H and O–H groups in total. The van der Waals surface area contributed by atoms with Gasteiger partial charge in [0.15, 0.2) is 0 Å². The molecule has 0 saturated carbocycles. The van der Waals surface area contributed by atoms with E-state index in [-0.39, 0.29) is 12.1 Å². The Morgan fingerprint density at radius 3 is 2.68 bits per heavy atom. The van der Waals surface area contributed by atoms with E-state index in [1.165, 1.54) is 0 Å². The fourth-order valence-corrected chi connectivity index (χ4v) is 5.82. The highest BCUT2D eigenvalue weighted by Crippen LogP contribution is 2.36. The molecule has 1 aromatic heterocycles. The summed E-state index contributed by atoms with van der Waals surface area (Å²) in [5.74, 6) is 1.76. The molecule has 2 aliphatic heterocycles. The number of sulfonamides is 1. The number of benzene rings is 1. The minimum absolute atomic E-state index is 0.0454. The molecule has 3 heterocycles. The Kier molecular flexibility index (Phi) is 4.35. The Labute approximate surface area is 147 Å². The smallest absolute Gasteiger partial charge is 0.243 e. The molecule has 8 heteroatoms. The summed E-state index contributed by atoms with van der Waals surface area (Å²) in [5, 5.41) is 8.60. The van der Waals surface area contributed by atoms with E-state index in [1.807, 2.05) is 6.07 Å². The van der Waals surface area contributed by atoms with Crippen molar-refractivity contribution in [3.63, 3.8) is 0 Å². The molecule has 2 aliphatic rings. The summed E-state index contributed by atoms with van der Waals surface area (Å²) < 4.78 is 35.3. The van der Waals surface area contributed by atoms with Crippen molar-refractivity contribution in [1.29, 1.82) is 0 Å². The van der Waals surface area contributed by atoms with Crippen LogP contribution in [0.3, 0.4) is 0 Å². The largest absolute Gasteiger partial charge is 0.384 e. The van der Waals surface area contributed by atoms with Crippen LogP contribution in [-0.4, -0.2) is 53.3 Å². The van der Waals surface area contributed by atoms with Crippen LogP contribution in [0.5, 0.6) is 0 Å². The zero-order valence-corrected chi connectivity index (χ0v) is 15.0. The predicted molar refractivity (Wildman–Crippen MR) is 91.6 cm³/mol. The van der Waals surface area contributed by atoms with Gasteiger partial charge in [-0.2, -0.15) is 4.31 Å². The highest BCUT2D eigenvalue weighted by atomic mass is 32.2. The van der Waals surface area contributed by atoms with Crippen LogP contribution in [0.4, 0.5) is 0 Å². The van der Waals surface area contributed by atoms with E-state index in [1.54, 1.807) is 35.7 Å². The Morgan fingerprint density at radius 1 is 1.16 bits per heavy atom. The second kappa shape index (κ2) is 6.51. The minimum atomic E-state index is -3.50. The molecule has 0 spiro atoms. The standard InChI is InChI=1S/C17H22N4O3S/c1-24-10-9-16-18-19-17-11-13-7-8-14(12-20(16)17)21(13)25(22,23)15-5-3-2-4-6-15/h2-6,13-14H,7-12H2,1H3/t13-,14+/m0/s1. The molecule has 2 bridgehead atoms. The van der Waals surface area contributed by atoms with Gasteiger partial charge in [-0.05, 0) is 25.0 Å². The molecule has 25 heavy (non-hydrogen) atoms. The summed E-state index contributed by atoms with van der Waals surface area (Å²) >= 11 is 0. The second-order valence-electron chi connectivity index (χ2n) is 6.62. The van der Waals surface area contributed by atoms with Crippen LogP contribution >= 0.6 is 0 Å². The lowest BCUT2D eigenvalue weighted by atomic mass is 10.1. The Bertz CT molecular complexity index is 850. The molecule has 0 unspecified atom stereocenters. The Balaban J connectivity index is 1.67. The fraction of sp³-hybridized carbons (Fsp3) is 0.529. The van der Waals surface area contributed by atoms with Crippen molar-refractivity contribution in [2.45, 2.75) is 49.2 Å². The Morgan fingerprint density at radius 2 is 1.92 bits per heavy atom. The van der Waals surface area contributed by atoms with E-state index in [0.717, 1.165) is 24.5 Å². The maximum Gasteiger partial charge on any atom is 0.243 e. The summed E-state index contributed by atoms with van der Waals surface area (Å²) in [6.45, 7) is 1.20. The van der Waals surface area contributed by atoms with Crippen LogP contribution in [-0.2, 0) is 34.1 Å². The van der Waals surface area contributed by atoms with E-state index >= 15 is 0 Å². The first kappa shape index (κ1) is 16.7. The van der Waals surface area contributed by atoms with Crippen molar-refractivity contribution >= 4 is 10.0 Å². The quantitative estimate of drug-likeness (QED) is 0.800. The molecular weight excluding hydrogens is 340 g/mol. The normalized spacial score (nSPS) is 23.4. The SMILES string of the molecule is COCCc1nnc2n1C[C@H]1CC[C@@H](C2)N1S(=O)(=O)c1ccccc1. The van der Waals surface area contributed by atoms with Gasteiger partial charge < -0.3 is 9.30 Å². The van der Waals surface area contributed by atoms with Crippen LogP contribution in [0.15, 0.2) is 35.2 Å². The van der Waals surface area contributed by atoms with Crippen molar-refractivity contribution in [3.8, 4) is 0 Å². The number of rotatable bonds is 5. The number of fused-ring (bicyclic) bond motifs is 3. The highest BCUT2D eigenvalue weighted by molar-refractivity contribution is 7.89. The summed E-state index contributed by atoms with van der Waals surface area (Å²) in [6, 6.07) is 8.62. The zero-order valence-electron chi connectivity index (χ0n) is 14.2. The number of aromatic nitrogens is 3. The Hall–Kier alpha value is -1.77. The average molecular weight is 362 g/mol. The molecule has 0 amide bonds. The maximum absolute atomic E-state index is 13.2. The van der Waals surface area contributed by atoms with Crippen molar-refractivity contribution in [3.05, 3.63) is 42.0 Å². The summed E-state index contributed by atoms with van der Waals surface area (Å²) in [4.78, 5) is 0.365. The third-order valence-electron chi connectivity index (χ3n) is 5.12. The third kappa shape index (κ3) is 2.88. The number of hydrogen-bond donors (Lipinski definition) is 0. The fourth-order valence-electron chi connectivity index (χ4n) is 3.94. The molecule has 134 valence electrons. The van der Waals surface area contributed by atoms with Crippen molar-refractivity contribution < 1.29 is 13.2 Å². The molecule has 4 rings (SSSR count). The van der Waals surface area contributed by atoms with Gasteiger partial charge in [-0.25, -0.2) is 8.42 Å². The molecular formula is C17H22N4O3S. The number of ether oxygens (including phenoxy) is 1. The van der Waals surface area contributed by atoms with Crippen LogP contribution < -0.4 is 0 Å². The molecule has 1 fully saturated rings. The first-order valence-electron chi connectivity index (χ1n) is 8.59. The first-order chi connectivity index (χ1) is 12.1. The molecule has 1 aromatic carbocycles. The number of hydrogen-bond acceptors (Lipinski definition) is 5.